The van der Waals surface area contributed by atoms with Crippen LogP contribution in [0.4, 0.5) is 0 Å². The van der Waals surface area contributed by atoms with Gasteiger partial charge in [-0.1, -0.05) is 11.6 Å². The van der Waals surface area contributed by atoms with Gasteiger partial charge in [-0.3, -0.25) is 4.79 Å². The van der Waals surface area contributed by atoms with Crippen molar-refractivity contribution in [3.05, 3.63) is 11.6 Å². The van der Waals surface area contributed by atoms with Gasteiger partial charge in [0.2, 0.25) is 0 Å². The van der Waals surface area contributed by atoms with Crippen molar-refractivity contribution in [2.45, 2.75) is 26.4 Å². The highest BCUT2D eigenvalue weighted by Crippen LogP contribution is 2.25. The summed E-state index contributed by atoms with van der Waals surface area (Å²) in [5.41, 5.74) is 1.11. The van der Waals surface area contributed by atoms with Crippen molar-refractivity contribution in [1.29, 1.82) is 0 Å². The number of rotatable bonds is 2. The topological polar surface area (TPSA) is 46.5 Å². The smallest absolute Gasteiger partial charge is 0.302 e. The minimum absolute atomic E-state index is 0.212. The molecule has 0 bridgehead atoms. The maximum Gasteiger partial charge on any atom is 0.302 e. The fourth-order valence-electron chi connectivity index (χ4n) is 1.40. The van der Waals surface area contributed by atoms with Crippen molar-refractivity contribution in [2.75, 3.05) is 6.61 Å². The Balaban J connectivity index is 2.35. The predicted molar refractivity (Wildman–Crippen MR) is 44.5 cm³/mol. The second-order valence-electron chi connectivity index (χ2n) is 3.21. The van der Waals surface area contributed by atoms with Crippen LogP contribution in [0, 0.1) is 5.92 Å². The number of aliphatic hydroxyl groups is 1. The van der Waals surface area contributed by atoms with E-state index in [4.69, 9.17) is 4.74 Å². The van der Waals surface area contributed by atoms with Crippen LogP contribution in [-0.4, -0.2) is 23.8 Å². The quantitative estimate of drug-likeness (QED) is 0.494. The summed E-state index contributed by atoms with van der Waals surface area (Å²) >= 11 is 0. The molecule has 1 aliphatic rings. The van der Waals surface area contributed by atoms with Crippen molar-refractivity contribution in [3.63, 3.8) is 0 Å². The van der Waals surface area contributed by atoms with Crippen molar-refractivity contribution in [3.8, 4) is 0 Å². The Bertz CT molecular complexity index is 208. The summed E-state index contributed by atoms with van der Waals surface area (Å²) in [7, 11) is 0. The zero-order valence-electron chi connectivity index (χ0n) is 7.41. The van der Waals surface area contributed by atoms with Gasteiger partial charge >= 0.3 is 5.97 Å². The molecule has 68 valence electrons. The van der Waals surface area contributed by atoms with Crippen LogP contribution in [-0.2, 0) is 9.53 Å². The summed E-state index contributed by atoms with van der Waals surface area (Å²) in [5, 5.41) is 9.22. The highest BCUT2D eigenvalue weighted by Gasteiger charge is 2.22. The molecule has 1 rings (SSSR count). The molecule has 0 radical (unpaired) electrons. The first-order valence-electron chi connectivity index (χ1n) is 4.09. The summed E-state index contributed by atoms with van der Waals surface area (Å²) in [6.07, 6.45) is 2.14. The molecule has 1 N–H and O–H groups in total. The van der Waals surface area contributed by atoms with Gasteiger partial charge in [0.15, 0.2) is 0 Å². The molecular formula is C9H14O3. The Morgan fingerprint density at radius 1 is 1.83 bits per heavy atom. The molecule has 12 heavy (non-hydrogen) atoms. The van der Waals surface area contributed by atoms with Gasteiger partial charge in [-0.25, -0.2) is 0 Å². The molecule has 0 aliphatic heterocycles. The summed E-state index contributed by atoms with van der Waals surface area (Å²) in [4.78, 5) is 10.5. The maximum absolute atomic E-state index is 10.5. The van der Waals surface area contributed by atoms with Crippen molar-refractivity contribution >= 4 is 5.97 Å². The van der Waals surface area contributed by atoms with Gasteiger partial charge in [0.25, 0.3) is 0 Å². The molecule has 3 nitrogen and oxygen atoms in total. The third-order valence-corrected chi connectivity index (χ3v) is 2.11. The first-order valence-corrected chi connectivity index (χ1v) is 4.09. The van der Waals surface area contributed by atoms with E-state index in [9.17, 15) is 9.90 Å². The van der Waals surface area contributed by atoms with Gasteiger partial charge < -0.3 is 9.84 Å². The lowest BCUT2D eigenvalue weighted by atomic mass is 10.0. The summed E-state index contributed by atoms with van der Waals surface area (Å²) < 4.78 is 4.85. The average Bonchev–Trinajstić information content (AvgIpc) is 2.26. The molecule has 0 aromatic carbocycles. The highest BCUT2D eigenvalue weighted by atomic mass is 16.5. The molecular weight excluding hydrogens is 156 g/mol. The molecule has 0 amide bonds. The number of carbonyl (C=O) groups is 1. The van der Waals surface area contributed by atoms with Crippen LogP contribution >= 0.6 is 0 Å². The van der Waals surface area contributed by atoms with Crippen LogP contribution in [0.1, 0.15) is 20.3 Å². The lowest BCUT2D eigenvalue weighted by Crippen LogP contribution is -2.12. The second-order valence-corrected chi connectivity index (χ2v) is 3.21. The normalized spacial score (nSPS) is 28.4. The molecule has 0 fully saturated rings. The van der Waals surface area contributed by atoms with Crippen LogP contribution in [0.3, 0.4) is 0 Å². The lowest BCUT2D eigenvalue weighted by molar-refractivity contribution is -0.142. The first kappa shape index (κ1) is 9.26. The van der Waals surface area contributed by atoms with E-state index in [1.807, 2.05) is 13.0 Å². The molecule has 1 aliphatic carbocycles. The Labute approximate surface area is 72.0 Å². The number of aliphatic hydroxyl groups excluding tert-OH is 1. The molecule has 0 heterocycles. The van der Waals surface area contributed by atoms with E-state index in [2.05, 4.69) is 0 Å². The van der Waals surface area contributed by atoms with E-state index < -0.39 is 0 Å². The fourth-order valence-corrected chi connectivity index (χ4v) is 1.40. The molecule has 0 spiro atoms. The third kappa shape index (κ3) is 2.34. The fraction of sp³-hybridized carbons (Fsp3) is 0.667. The number of hydrogen-bond acceptors (Lipinski definition) is 3. The summed E-state index contributed by atoms with van der Waals surface area (Å²) in [6, 6.07) is 0. The minimum atomic E-state index is -0.356. The molecule has 0 aromatic rings. The van der Waals surface area contributed by atoms with E-state index in [0.717, 1.165) is 5.57 Å². The molecule has 2 unspecified atom stereocenters. The monoisotopic (exact) mass is 170 g/mol. The zero-order valence-corrected chi connectivity index (χ0v) is 7.41. The van der Waals surface area contributed by atoms with E-state index in [0.29, 0.717) is 13.0 Å². The minimum Gasteiger partial charge on any atom is -0.465 e. The van der Waals surface area contributed by atoms with Crippen LogP contribution in [0.15, 0.2) is 11.6 Å². The molecule has 3 heteroatoms. The van der Waals surface area contributed by atoms with Crippen molar-refractivity contribution in [2.24, 2.45) is 5.92 Å². The SMILES string of the molecule is CC(=O)OCC1CC(O)C=C1C. The van der Waals surface area contributed by atoms with Crippen LogP contribution in [0.25, 0.3) is 0 Å². The number of ether oxygens (including phenoxy) is 1. The predicted octanol–water partition coefficient (Wildman–Crippen LogP) is 0.877. The Kier molecular flexibility index (Phi) is 2.87. The molecule has 2 atom stereocenters. The van der Waals surface area contributed by atoms with Gasteiger partial charge in [0.05, 0.1) is 12.7 Å². The molecule has 0 aromatic heterocycles. The summed E-state index contributed by atoms with van der Waals surface area (Å²) in [5.74, 6) is -0.0481. The Hall–Kier alpha value is -0.830. The average molecular weight is 170 g/mol. The number of carbonyl (C=O) groups excluding carboxylic acids is 1. The lowest BCUT2D eigenvalue weighted by Gasteiger charge is -2.11. The van der Waals surface area contributed by atoms with E-state index >= 15 is 0 Å². The maximum atomic E-state index is 10.5. The van der Waals surface area contributed by atoms with Gasteiger partial charge in [-0.05, 0) is 13.3 Å². The van der Waals surface area contributed by atoms with E-state index in [1.54, 1.807) is 0 Å². The van der Waals surface area contributed by atoms with Crippen LogP contribution in [0.2, 0.25) is 0 Å². The van der Waals surface area contributed by atoms with Gasteiger partial charge in [0.1, 0.15) is 0 Å². The Morgan fingerprint density at radius 2 is 2.50 bits per heavy atom. The molecule has 0 saturated carbocycles. The second kappa shape index (κ2) is 3.72. The largest absolute Gasteiger partial charge is 0.465 e. The summed E-state index contributed by atoms with van der Waals surface area (Å²) in [6.45, 7) is 3.74. The van der Waals surface area contributed by atoms with Gasteiger partial charge in [-0.15, -0.1) is 0 Å². The van der Waals surface area contributed by atoms with E-state index in [1.165, 1.54) is 6.92 Å². The van der Waals surface area contributed by atoms with Crippen molar-refractivity contribution < 1.29 is 14.6 Å². The van der Waals surface area contributed by atoms with Crippen molar-refractivity contribution in [1.82, 2.24) is 0 Å². The highest BCUT2D eigenvalue weighted by molar-refractivity contribution is 5.65. The van der Waals surface area contributed by atoms with Gasteiger partial charge in [-0.2, -0.15) is 0 Å². The Morgan fingerprint density at radius 3 is 2.92 bits per heavy atom. The first-order chi connectivity index (χ1) is 5.59. The van der Waals surface area contributed by atoms with Crippen LogP contribution < -0.4 is 0 Å². The van der Waals surface area contributed by atoms with Crippen LogP contribution in [0.5, 0.6) is 0 Å². The standard InChI is InChI=1S/C9H14O3/c1-6-3-9(11)4-8(6)5-12-7(2)10/h3,8-9,11H,4-5H2,1-2H3. The number of hydrogen-bond donors (Lipinski definition) is 1. The van der Waals surface area contributed by atoms with E-state index in [-0.39, 0.29) is 18.0 Å². The third-order valence-electron chi connectivity index (χ3n) is 2.11. The molecule has 0 saturated heterocycles. The number of esters is 1. The van der Waals surface area contributed by atoms with Gasteiger partial charge in [0, 0.05) is 12.8 Å². The zero-order chi connectivity index (χ0) is 9.14.